The summed E-state index contributed by atoms with van der Waals surface area (Å²) in [7, 11) is 1.50. The quantitative estimate of drug-likeness (QED) is 0.652. The van der Waals surface area contributed by atoms with Crippen molar-refractivity contribution in [2.75, 3.05) is 18.9 Å². The zero-order chi connectivity index (χ0) is 22.1. The summed E-state index contributed by atoms with van der Waals surface area (Å²) >= 11 is 0. The van der Waals surface area contributed by atoms with E-state index in [1.807, 2.05) is 0 Å². The number of hydrogen-bond acceptors (Lipinski definition) is 4. The second-order valence-corrected chi connectivity index (χ2v) is 7.06. The Bertz CT molecular complexity index is 1040. The van der Waals surface area contributed by atoms with E-state index in [-0.39, 0.29) is 5.91 Å². The third kappa shape index (κ3) is 3.73. The van der Waals surface area contributed by atoms with Crippen molar-refractivity contribution in [1.82, 2.24) is 15.5 Å². The summed E-state index contributed by atoms with van der Waals surface area (Å²) in [5.74, 6) is -1.98. The van der Waals surface area contributed by atoms with Crippen LogP contribution >= 0.6 is 0 Å². The average molecular weight is 412 g/mol. The summed E-state index contributed by atoms with van der Waals surface area (Å²) in [6, 6.07) is 9.33. The second kappa shape index (κ2) is 7.94. The minimum atomic E-state index is -1.40. The molecule has 3 rings (SSSR count). The standard InChI is InChI=1S/C21H21FN4O4/c1-12-15(18(28)23-3)5-4-6-16(12)24-17(27)11-26-19(29)21(2,25-20(26)30)13-7-9-14(22)10-8-13/h4-10H,11H2,1-3H3,(H,23,28)(H,24,27)(H,25,30). The van der Waals surface area contributed by atoms with E-state index < -0.39 is 35.7 Å². The average Bonchev–Trinajstić information content (AvgIpc) is 2.93. The first-order valence-corrected chi connectivity index (χ1v) is 9.19. The van der Waals surface area contributed by atoms with Crippen molar-refractivity contribution in [1.29, 1.82) is 0 Å². The number of imide groups is 1. The van der Waals surface area contributed by atoms with Crippen LogP contribution in [-0.2, 0) is 15.1 Å². The fourth-order valence-corrected chi connectivity index (χ4v) is 3.30. The van der Waals surface area contributed by atoms with Crippen LogP contribution in [-0.4, -0.2) is 42.2 Å². The number of halogens is 1. The van der Waals surface area contributed by atoms with Crippen molar-refractivity contribution in [3.63, 3.8) is 0 Å². The van der Waals surface area contributed by atoms with Gasteiger partial charge in [-0.25, -0.2) is 9.18 Å². The molecule has 1 saturated heterocycles. The van der Waals surface area contributed by atoms with Crippen LogP contribution in [0.2, 0.25) is 0 Å². The van der Waals surface area contributed by atoms with Gasteiger partial charge in [0.05, 0.1) is 0 Å². The molecule has 1 atom stereocenters. The molecular formula is C21H21FN4O4. The lowest BCUT2D eigenvalue weighted by molar-refractivity contribution is -0.133. The molecule has 0 radical (unpaired) electrons. The lowest BCUT2D eigenvalue weighted by atomic mass is 9.92. The van der Waals surface area contributed by atoms with Gasteiger partial charge in [0.15, 0.2) is 0 Å². The number of hydrogen-bond donors (Lipinski definition) is 3. The third-order valence-corrected chi connectivity index (χ3v) is 5.08. The van der Waals surface area contributed by atoms with Crippen LogP contribution in [0.5, 0.6) is 0 Å². The first-order valence-electron chi connectivity index (χ1n) is 9.19. The second-order valence-electron chi connectivity index (χ2n) is 7.06. The van der Waals surface area contributed by atoms with E-state index in [9.17, 15) is 23.6 Å². The topological polar surface area (TPSA) is 108 Å². The molecule has 0 aromatic heterocycles. The number of carbonyl (C=O) groups is 4. The van der Waals surface area contributed by atoms with Gasteiger partial charge in [0.25, 0.3) is 11.8 Å². The summed E-state index contributed by atoms with van der Waals surface area (Å²) in [5, 5.41) is 7.71. The highest BCUT2D eigenvalue weighted by Crippen LogP contribution is 2.29. The van der Waals surface area contributed by atoms with Gasteiger partial charge in [0, 0.05) is 18.3 Å². The molecule has 2 aromatic carbocycles. The monoisotopic (exact) mass is 412 g/mol. The first-order chi connectivity index (χ1) is 14.2. The van der Waals surface area contributed by atoms with E-state index in [1.165, 1.54) is 38.2 Å². The molecule has 3 N–H and O–H groups in total. The Labute approximate surface area is 172 Å². The molecule has 8 nitrogen and oxygen atoms in total. The zero-order valence-corrected chi connectivity index (χ0v) is 16.7. The number of rotatable bonds is 5. The highest BCUT2D eigenvalue weighted by Gasteiger charge is 2.49. The number of urea groups is 1. The predicted molar refractivity (Wildman–Crippen MR) is 107 cm³/mol. The van der Waals surface area contributed by atoms with E-state index in [2.05, 4.69) is 16.0 Å². The largest absolute Gasteiger partial charge is 0.355 e. The molecule has 2 aromatic rings. The Balaban J connectivity index is 1.76. The highest BCUT2D eigenvalue weighted by atomic mass is 19.1. The Kier molecular flexibility index (Phi) is 5.55. The number of nitrogens with one attached hydrogen (secondary N) is 3. The zero-order valence-electron chi connectivity index (χ0n) is 16.7. The summed E-state index contributed by atoms with van der Waals surface area (Å²) in [4.78, 5) is 50.5. The van der Waals surface area contributed by atoms with Gasteiger partial charge in [-0.2, -0.15) is 0 Å². The van der Waals surface area contributed by atoms with Crippen molar-refractivity contribution in [3.8, 4) is 0 Å². The lowest BCUT2D eigenvalue weighted by Gasteiger charge is -2.22. The molecular weight excluding hydrogens is 391 g/mol. The minimum Gasteiger partial charge on any atom is -0.355 e. The maximum absolute atomic E-state index is 13.2. The number of amides is 5. The van der Waals surface area contributed by atoms with Crippen LogP contribution in [0.25, 0.3) is 0 Å². The molecule has 0 aliphatic carbocycles. The number of benzene rings is 2. The molecule has 1 unspecified atom stereocenters. The number of carbonyl (C=O) groups excluding carboxylic acids is 4. The molecule has 0 saturated carbocycles. The van der Waals surface area contributed by atoms with Crippen LogP contribution in [0.3, 0.4) is 0 Å². The number of nitrogens with zero attached hydrogens (tertiary/aromatic N) is 1. The van der Waals surface area contributed by atoms with E-state index in [0.717, 1.165) is 4.90 Å². The summed E-state index contributed by atoms with van der Waals surface area (Å²) in [5.41, 5.74) is 0.349. The molecule has 0 spiro atoms. The van der Waals surface area contributed by atoms with Crippen LogP contribution < -0.4 is 16.0 Å². The van der Waals surface area contributed by atoms with Crippen LogP contribution in [0.15, 0.2) is 42.5 Å². The van der Waals surface area contributed by atoms with Gasteiger partial charge in [0.1, 0.15) is 17.9 Å². The Morgan fingerprint density at radius 2 is 1.80 bits per heavy atom. The molecule has 1 aliphatic rings. The Hall–Kier alpha value is -3.75. The molecule has 5 amide bonds. The molecule has 156 valence electrons. The fraction of sp³-hybridized carbons (Fsp3) is 0.238. The van der Waals surface area contributed by atoms with Crippen LogP contribution in [0, 0.1) is 12.7 Å². The first kappa shape index (κ1) is 21.0. The summed E-state index contributed by atoms with van der Waals surface area (Å²) < 4.78 is 13.2. The maximum atomic E-state index is 13.2. The van der Waals surface area contributed by atoms with Gasteiger partial charge in [-0.1, -0.05) is 18.2 Å². The van der Waals surface area contributed by atoms with Gasteiger partial charge in [-0.3, -0.25) is 19.3 Å². The molecule has 1 fully saturated rings. The fourth-order valence-electron chi connectivity index (χ4n) is 3.30. The van der Waals surface area contributed by atoms with Crippen LogP contribution in [0.4, 0.5) is 14.9 Å². The van der Waals surface area contributed by atoms with E-state index in [1.54, 1.807) is 25.1 Å². The van der Waals surface area contributed by atoms with Crippen molar-refractivity contribution >= 4 is 29.4 Å². The van der Waals surface area contributed by atoms with Crippen molar-refractivity contribution in [2.45, 2.75) is 19.4 Å². The van der Waals surface area contributed by atoms with Gasteiger partial charge in [-0.05, 0) is 49.2 Å². The van der Waals surface area contributed by atoms with Gasteiger partial charge in [0.2, 0.25) is 5.91 Å². The van der Waals surface area contributed by atoms with Gasteiger partial charge >= 0.3 is 6.03 Å². The minimum absolute atomic E-state index is 0.298. The van der Waals surface area contributed by atoms with E-state index >= 15 is 0 Å². The highest BCUT2D eigenvalue weighted by molar-refractivity contribution is 6.10. The van der Waals surface area contributed by atoms with Crippen molar-refractivity contribution in [3.05, 3.63) is 65.0 Å². The van der Waals surface area contributed by atoms with Gasteiger partial charge < -0.3 is 16.0 Å². The lowest BCUT2D eigenvalue weighted by Crippen LogP contribution is -2.42. The normalized spacial score (nSPS) is 18.2. The van der Waals surface area contributed by atoms with Crippen molar-refractivity contribution in [2.24, 2.45) is 0 Å². The van der Waals surface area contributed by atoms with Gasteiger partial charge in [-0.15, -0.1) is 0 Å². The Morgan fingerprint density at radius 1 is 1.13 bits per heavy atom. The molecule has 30 heavy (non-hydrogen) atoms. The van der Waals surface area contributed by atoms with E-state index in [4.69, 9.17) is 0 Å². The van der Waals surface area contributed by atoms with Crippen molar-refractivity contribution < 1.29 is 23.6 Å². The Morgan fingerprint density at radius 3 is 2.43 bits per heavy atom. The molecule has 0 bridgehead atoms. The van der Waals surface area contributed by atoms with E-state index in [0.29, 0.717) is 22.4 Å². The maximum Gasteiger partial charge on any atom is 0.325 e. The smallest absolute Gasteiger partial charge is 0.325 e. The number of anilines is 1. The SMILES string of the molecule is CNC(=O)c1cccc(NC(=O)CN2C(=O)NC(C)(c3ccc(F)cc3)C2=O)c1C. The molecule has 9 heteroatoms. The molecule has 1 heterocycles. The predicted octanol–water partition coefficient (Wildman–Crippen LogP) is 1.90. The van der Waals surface area contributed by atoms with Crippen LogP contribution in [0.1, 0.15) is 28.4 Å². The molecule has 1 aliphatic heterocycles. The third-order valence-electron chi connectivity index (χ3n) is 5.08. The summed E-state index contributed by atoms with van der Waals surface area (Å²) in [6.45, 7) is 2.67. The summed E-state index contributed by atoms with van der Waals surface area (Å²) in [6.07, 6.45) is 0.